The fourth-order valence-electron chi connectivity index (χ4n) is 6.55. The van der Waals surface area contributed by atoms with E-state index in [0.717, 1.165) is 50.2 Å². The van der Waals surface area contributed by atoms with E-state index in [1.165, 1.54) is 28.1 Å². The molecular weight excluding hydrogens is 588 g/mol. The molecule has 4 aromatic rings. The Morgan fingerprint density at radius 2 is 1.91 bits per heavy atom. The first-order valence-corrected chi connectivity index (χ1v) is 16.7. The summed E-state index contributed by atoms with van der Waals surface area (Å²) in [5, 5.41) is 24.9. The molecule has 4 N–H and O–H groups in total. The highest BCUT2D eigenvalue weighted by molar-refractivity contribution is 7.14. The Morgan fingerprint density at radius 3 is 2.71 bits per heavy atom. The molecule has 0 saturated carbocycles. The predicted octanol–water partition coefficient (Wildman–Crippen LogP) is 4.23. The normalized spacial score (nSPS) is 17.6. The van der Waals surface area contributed by atoms with Crippen LogP contribution < -0.4 is 10.9 Å². The van der Waals surface area contributed by atoms with Crippen LogP contribution >= 0.6 is 11.3 Å². The highest BCUT2D eigenvalue weighted by Crippen LogP contribution is 2.32. The molecule has 0 radical (unpaired) electrons. The lowest BCUT2D eigenvalue weighted by Crippen LogP contribution is -2.57. The van der Waals surface area contributed by atoms with E-state index >= 15 is 0 Å². The number of aromatic amines is 1. The second kappa shape index (κ2) is 13.8. The van der Waals surface area contributed by atoms with Crippen molar-refractivity contribution in [1.29, 1.82) is 0 Å². The number of pyridine rings is 1. The second-order valence-corrected chi connectivity index (χ2v) is 13.4. The molecule has 1 amide bonds. The number of phenolic OH excluding ortho intramolecular Hbond substituents is 1. The van der Waals surface area contributed by atoms with Crippen LogP contribution in [0.5, 0.6) is 5.75 Å². The van der Waals surface area contributed by atoms with Crippen LogP contribution in [0.1, 0.15) is 57.1 Å². The number of ether oxygens (including phenoxy) is 1. The number of hydrogen-bond donors (Lipinski definition) is 4. The van der Waals surface area contributed by atoms with Crippen LogP contribution in [0.15, 0.2) is 65.5 Å². The number of benzene rings is 2. The topological polar surface area (TPSA) is 118 Å². The van der Waals surface area contributed by atoms with E-state index in [9.17, 15) is 19.8 Å². The fourth-order valence-corrected chi connectivity index (χ4v) is 7.47. The molecule has 0 aliphatic carbocycles. The third-order valence-corrected chi connectivity index (χ3v) is 10.3. The molecule has 9 nitrogen and oxygen atoms in total. The van der Waals surface area contributed by atoms with Crippen LogP contribution in [-0.4, -0.2) is 82.4 Å². The summed E-state index contributed by atoms with van der Waals surface area (Å²) in [4.78, 5) is 34.1. The predicted molar refractivity (Wildman–Crippen MR) is 177 cm³/mol. The van der Waals surface area contributed by atoms with Gasteiger partial charge in [-0.25, -0.2) is 0 Å². The van der Waals surface area contributed by atoms with Crippen molar-refractivity contribution < 1.29 is 19.7 Å². The number of phenols is 1. The quantitative estimate of drug-likeness (QED) is 0.194. The number of fused-ring (bicyclic) bond motifs is 1. The molecule has 1 atom stereocenters. The van der Waals surface area contributed by atoms with Gasteiger partial charge in [0.1, 0.15) is 5.75 Å². The molecule has 2 fully saturated rings. The lowest BCUT2D eigenvalue weighted by molar-refractivity contribution is -0.127. The summed E-state index contributed by atoms with van der Waals surface area (Å²) in [5.41, 5.74) is 2.95. The standard InChI is InChI=1S/C35H42N4O5S/c1-2-26-6-10-31(45-26)34(43)39-18-19-44-35(23-39)13-16-38(17-14-35)22-25-5-3-4-24(20-25)12-15-36-21-30(41)27-7-9-29(40)33-28(27)8-11-32(42)37-33/h3-11,20,30,36,40-41H,2,12-19,21-23H2,1H3,(H,37,42). The average Bonchev–Trinajstić information content (AvgIpc) is 3.54. The van der Waals surface area contributed by atoms with Crippen molar-refractivity contribution in [2.24, 2.45) is 0 Å². The summed E-state index contributed by atoms with van der Waals surface area (Å²) >= 11 is 1.61. The van der Waals surface area contributed by atoms with E-state index in [4.69, 9.17) is 4.74 Å². The van der Waals surface area contributed by atoms with Crippen molar-refractivity contribution in [1.82, 2.24) is 20.1 Å². The number of rotatable bonds is 10. The molecule has 2 aromatic carbocycles. The van der Waals surface area contributed by atoms with Crippen LogP contribution in [0, 0.1) is 0 Å². The van der Waals surface area contributed by atoms with Gasteiger partial charge in [0.05, 0.1) is 35.3 Å². The van der Waals surface area contributed by atoms with E-state index in [0.29, 0.717) is 49.3 Å². The number of hydrogen-bond acceptors (Lipinski definition) is 8. The number of nitrogens with one attached hydrogen (secondary N) is 2. The minimum absolute atomic E-state index is 0.0174. The Balaban J connectivity index is 0.970. The molecule has 2 aliphatic heterocycles. The number of piperidine rings is 1. The Kier molecular flexibility index (Phi) is 9.67. The lowest BCUT2D eigenvalue weighted by Gasteiger charge is -2.47. The van der Waals surface area contributed by atoms with Gasteiger partial charge in [-0.2, -0.15) is 0 Å². The summed E-state index contributed by atoms with van der Waals surface area (Å²) in [6.07, 6.45) is 2.83. The first-order chi connectivity index (χ1) is 21.8. The van der Waals surface area contributed by atoms with Gasteiger partial charge in [0.2, 0.25) is 5.56 Å². The number of likely N-dealkylation sites (tertiary alicyclic amines) is 1. The van der Waals surface area contributed by atoms with Crippen molar-refractivity contribution >= 4 is 28.1 Å². The summed E-state index contributed by atoms with van der Waals surface area (Å²) in [6.45, 7) is 7.84. The first-order valence-electron chi connectivity index (χ1n) is 15.9. The van der Waals surface area contributed by atoms with Gasteiger partial charge in [-0.15, -0.1) is 11.3 Å². The maximum atomic E-state index is 13.2. The van der Waals surface area contributed by atoms with Crippen LogP contribution in [0.3, 0.4) is 0 Å². The van der Waals surface area contributed by atoms with Crippen LogP contribution in [0.25, 0.3) is 10.9 Å². The third kappa shape index (κ3) is 7.31. The van der Waals surface area contributed by atoms with Gasteiger partial charge in [0.15, 0.2) is 0 Å². The molecule has 2 aliphatic rings. The van der Waals surface area contributed by atoms with E-state index < -0.39 is 6.10 Å². The molecule has 0 bridgehead atoms. The van der Waals surface area contributed by atoms with Crippen molar-refractivity contribution in [3.63, 3.8) is 0 Å². The minimum atomic E-state index is -0.782. The maximum absolute atomic E-state index is 13.2. The Bertz CT molecular complexity index is 1690. The number of nitrogens with zero attached hydrogens (tertiary/aromatic N) is 2. The zero-order valence-corrected chi connectivity index (χ0v) is 26.6. The highest BCUT2D eigenvalue weighted by Gasteiger charge is 2.41. The zero-order chi connectivity index (χ0) is 31.4. The molecule has 2 aromatic heterocycles. The largest absolute Gasteiger partial charge is 0.506 e. The SMILES string of the molecule is CCc1ccc(C(=O)N2CCOC3(CCN(Cc4cccc(CCNCC(O)c5ccc(O)c6[nH]c(=O)ccc56)c4)CC3)C2)s1. The molecule has 6 rings (SSSR count). The molecule has 45 heavy (non-hydrogen) atoms. The Morgan fingerprint density at radius 1 is 1.09 bits per heavy atom. The summed E-state index contributed by atoms with van der Waals surface area (Å²) in [5.74, 6) is 0.119. The number of aromatic nitrogens is 1. The molecule has 238 valence electrons. The average molecular weight is 631 g/mol. The van der Waals surface area contributed by atoms with Crippen molar-refractivity contribution in [3.8, 4) is 5.75 Å². The number of thiophene rings is 1. The minimum Gasteiger partial charge on any atom is -0.506 e. The number of aryl methyl sites for hydroxylation is 1. The number of carbonyl (C=O) groups is 1. The van der Waals surface area contributed by atoms with Crippen LogP contribution in [0.4, 0.5) is 0 Å². The summed E-state index contributed by atoms with van der Waals surface area (Å²) in [7, 11) is 0. The highest BCUT2D eigenvalue weighted by atomic mass is 32.1. The molecule has 4 heterocycles. The second-order valence-electron chi connectivity index (χ2n) is 12.2. The van der Waals surface area contributed by atoms with E-state index in [2.05, 4.69) is 52.5 Å². The third-order valence-electron chi connectivity index (χ3n) is 9.12. The Labute approximate surface area is 267 Å². The van der Waals surface area contributed by atoms with Crippen LogP contribution in [0.2, 0.25) is 0 Å². The number of carbonyl (C=O) groups excluding carboxylic acids is 1. The van der Waals surface area contributed by atoms with E-state index in [1.807, 2.05) is 11.0 Å². The number of amides is 1. The molecule has 1 unspecified atom stereocenters. The number of aliphatic hydroxyl groups is 1. The zero-order valence-electron chi connectivity index (χ0n) is 25.8. The van der Waals surface area contributed by atoms with E-state index in [-0.39, 0.29) is 22.8 Å². The van der Waals surface area contributed by atoms with Gasteiger partial charge in [-0.1, -0.05) is 37.3 Å². The van der Waals surface area contributed by atoms with Crippen molar-refractivity contribution in [2.45, 2.75) is 50.9 Å². The van der Waals surface area contributed by atoms with Gasteiger partial charge >= 0.3 is 0 Å². The van der Waals surface area contributed by atoms with Gasteiger partial charge < -0.3 is 30.2 Å². The monoisotopic (exact) mass is 630 g/mol. The number of H-pyrrole nitrogens is 1. The van der Waals surface area contributed by atoms with Gasteiger partial charge in [-0.3, -0.25) is 14.5 Å². The van der Waals surface area contributed by atoms with E-state index in [1.54, 1.807) is 23.5 Å². The maximum Gasteiger partial charge on any atom is 0.264 e. The summed E-state index contributed by atoms with van der Waals surface area (Å²) in [6, 6.07) is 18.9. The fraction of sp³-hybridized carbons (Fsp3) is 0.429. The van der Waals surface area contributed by atoms with Gasteiger partial charge in [-0.05, 0) is 73.2 Å². The Hall–Kier alpha value is -3.54. The molecule has 1 spiro atoms. The van der Waals surface area contributed by atoms with Gasteiger partial charge in [0, 0.05) is 49.1 Å². The van der Waals surface area contributed by atoms with Crippen molar-refractivity contribution in [2.75, 3.05) is 45.9 Å². The lowest BCUT2D eigenvalue weighted by atomic mass is 9.89. The number of aliphatic hydroxyl groups excluding tert-OH is 1. The number of morpholine rings is 1. The smallest absolute Gasteiger partial charge is 0.264 e. The van der Waals surface area contributed by atoms with Crippen LogP contribution in [-0.2, 0) is 24.1 Å². The molecular formula is C35H42N4O5S. The summed E-state index contributed by atoms with van der Waals surface area (Å²) < 4.78 is 6.33. The first kappa shape index (κ1) is 31.4. The molecule has 10 heteroatoms. The number of aromatic hydroxyl groups is 1. The molecule has 2 saturated heterocycles. The van der Waals surface area contributed by atoms with Gasteiger partial charge in [0.25, 0.3) is 5.91 Å². The van der Waals surface area contributed by atoms with Crippen molar-refractivity contribution in [3.05, 3.63) is 97.5 Å².